The monoisotopic (exact) mass is 769 g/mol. The highest BCUT2D eigenvalue weighted by molar-refractivity contribution is 7.26. The Bertz CT molecular complexity index is 3530. The van der Waals surface area contributed by atoms with E-state index in [1.54, 1.807) is 0 Å². The van der Waals surface area contributed by atoms with E-state index in [-0.39, 0.29) is 0 Å². The van der Waals surface area contributed by atoms with Gasteiger partial charge in [-0.1, -0.05) is 176 Å². The molecule has 2 nitrogen and oxygen atoms in total. The lowest BCUT2D eigenvalue weighted by atomic mass is 9.93. The molecule has 0 amide bonds. The standard InChI is InChI=1S/C56H35NOS/c1-3-14-36(15-4-1)37-26-30-40(31-27-37)57(41-32-28-39(29-33-41)43-23-13-24-49-46-20-11-12-25-51(46)59-56(43)49)50-35-34-42(38-16-5-2-6-17-38)52-53-47-21-9-7-18-44(47)45-19-8-10-22-48(45)54(53)58-55(50)52/h1-35H. The molecule has 2 aromatic heterocycles. The van der Waals surface area contributed by atoms with Gasteiger partial charge in [-0.25, -0.2) is 0 Å². The zero-order chi connectivity index (χ0) is 38.9. The van der Waals surface area contributed by atoms with Crippen molar-refractivity contribution in [1.82, 2.24) is 0 Å². The van der Waals surface area contributed by atoms with Gasteiger partial charge in [0.25, 0.3) is 0 Å². The molecule has 59 heavy (non-hydrogen) atoms. The molecule has 0 fully saturated rings. The van der Waals surface area contributed by atoms with E-state index in [0.29, 0.717) is 0 Å². The summed E-state index contributed by atoms with van der Waals surface area (Å²) in [5, 5.41) is 9.58. The van der Waals surface area contributed by atoms with Gasteiger partial charge >= 0.3 is 0 Å². The minimum Gasteiger partial charge on any atom is -0.453 e. The first-order chi connectivity index (χ1) is 29.3. The summed E-state index contributed by atoms with van der Waals surface area (Å²) in [7, 11) is 0. The molecule has 12 aromatic rings. The van der Waals surface area contributed by atoms with Crippen LogP contribution in [0.3, 0.4) is 0 Å². The number of thiophene rings is 1. The van der Waals surface area contributed by atoms with Crippen molar-refractivity contribution in [2.45, 2.75) is 0 Å². The molecule has 0 spiro atoms. The predicted octanol–water partition coefficient (Wildman–Crippen LogP) is 16.7. The zero-order valence-corrected chi connectivity index (χ0v) is 32.8. The van der Waals surface area contributed by atoms with Crippen molar-refractivity contribution in [2.24, 2.45) is 0 Å². The van der Waals surface area contributed by atoms with Gasteiger partial charge in [0.1, 0.15) is 5.58 Å². The van der Waals surface area contributed by atoms with Gasteiger partial charge in [0.05, 0.1) is 5.69 Å². The van der Waals surface area contributed by atoms with E-state index >= 15 is 0 Å². The molecule has 0 aliphatic rings. The predicted molar refractivity (Wildman–Crippen MR) is 253 cm³/mol. The smallest absolute Gasteiger partial charge is 0.160 e. The Balaban J connectivity index is 1.11. The normalized spacial score (nSPS) is 11.7. The summed E-state index contributed by atoms with van der Waals surface area (Å²) in [6, 6.07) is 76.6. The minimum atomic E-state index is 0.856. The first kappa shape index (κ1) is 33.7. The Labute approximate surface area is 345 Å². The van der Waals surface area contributed by atoms with Crippen LogP contribution >= 0.6 is 11.3 Å². The molecule has 3 heteroatoms. The average Bonchev–Trinajstić information content (AvgIpc) is 3.91. The van der Waals surface area contributed by atoms with Crippen LogP contribution < -0.4 is 4.90 Å². The third-order valence-corrected chi connectivity index (χ3v) is 13.1. The second-order valence-electron chi connectivity index (χ2n) is 15.2. The van der Waals surface area contributed by atoms with Crippen LogP contribution in [-0.4, -0.2) is 0 Å². The highest BCUT2D eigenvalue weighted by Crippen LogP contribution is 2.50. The molecule has 0 unspecified atom stereocenters. The van der Waals surface area contributed by atoms with Crippen molar-refractivity contribution in [3.63, 3.8) is 0 Å². The number of anilines is 3. The molecule has 0 N–H and O–H groups in total. The first-order valence-corrected chi connectivity index (χ1v) is 20.9. The van der Waals surface area contributed by atoms with Gasteiger partial charge in [-0.15, -0.1) is 11.3 Å². The minimum absolute atomic E-state index is 0.856. The molecule has 0 aliphatic heterocycles. The molecule has 0 bridgehead atoms. The number of hydrogen-bond acceptors (Lipinski definition) is 3. The third-order valence-electron chi connectivity index (χ3n) is 11.9. The van der Waals surface area contributed by atoms with Crippen LogP contribution in [0.2, 0.25) is 0 Å². The number of furan rings is 1. The van der Waals surface area contributed by atoms with Crippen LogP contribution in [0.1, 0.15) is 0 Å². The van der Waals surface area contributed by atoms with Crippen LogP contribution in [0.4, 0.5) is 17.1 Å². The SMILES string of the molecule is c1ccc(-c2ccc(N(c3ccc(-c4cccc5c4sc4ccccc45)cc3)c3ccc(-c4ccccc4)c4c3oc3c5ccccc5c5ccccc5c34)cc2)cc1. The lowest BCUT2D eigenvalue weighted by molar-refractivity contribution is 0.673. The van der Waals surface area contributed by atoms with Crippen molar-refractivity contribution in [3.8, 4) is 33.4 Å². The van der Waals surface area contributed by atoms with E-state index in [0.717, 1.165) is 55.5 Å². The van der Waals surface area contributed by atoms with Gasteiger partial charge in [-0.3, -0.25) is 0 Å². The quantitative estimate of drug-likeness (QED) is 0.157. The molecule has 0 radical (unpaired) electrons. The van der Waals surface area contributed by atoms with Crippen LogP contribution in [0.25, 0.3) is 97.0 Å². The van der Waals surface area contributed by atoms with Crippen molar-refractivity contribution < 1.29 is 4.42 Å². The van der Waals surface area contributed by atoms with E-state index in [9.17, 15) is 0 Å². The zero-order valence-electron chi connectivity index (χ0n) is 32.0. The Kier molecular flexibility index (Phi) is 7.75. The van der Waals surface area contributed by atoms with Crippen LogP contribution in [0, 0.1) is 0 Å². The number of fused-ring (bicyclic) bond motifs is 11. The van der Waals surface area contributed by atoms with E-state index in [1.807, 2.05) is 11.3 Å². The summed E-state index contributed by atoms with van der Waals surface area (Å²) in [5.74, 6) is 0. The van der Waals surface area contributed by atoms with Crippen LogP contribution in [0.5, 0.6) is 0 Å². The highest BCUT2D eigenvalue weighted by atomic mass is 32.1. The Morgan fingerprint density at radius 1 is 0.322 bits per heavy atom. The molecule has 0 saturated heterocycles. The third kappa shape index (κ3) is 5.40. The number of nitrogens with zero attached hydrogens (tertiary/aromatic N) is 1. The molecule has 0 aliphatic carbocycles. The van der Waals surface area contributed by atoms with E-state index in [2.05, 4.69) is 217 Å². The maximum Gasteiger partial charge on any atom is 0.160 e. The van der Waals surface area contributed by atoms with Crippen LogP contribution in [0.15, 0.2) is 217 Å². The summed E-state index contributed by atoms with van der Waals surface area (Å²) in [6.45, 7) is 0. The van der Waals surface area contributed by atoms with Gasteiger partial charge in [-0.05, 0) is 85.9 Å². The molecule has 276 valence electrons. The fourth-order valence-corrected chi connectivity index (χ4v) is 10.4. The van der Waals surface area contributed by atoms with Crippen LogP contribution in [-0.2, 0) is 0 Å². The summed E-state index contributed by atoms with van der Waals surface area (Å²) < 4.78 is 9.94. The van der Waals surface area contributed by atoms with Crippen molar-refractivity contribution in [1.29, 1.82) is 0 Å². The van der Waals surface area contributed by atoms with E-state index in [4.69, 9.17) is 4.42 Å². The van der Waals surface area contributed by atoms with Crippen molar-refractivity contribution >= 4 is 92.1 Å². The number of hydrogen-bond donors (Lipinski definition) is 0. The molecule has 0 atom stereocenters. The van der Waals surface area contributed by atoms with Gasteiger partial charge in [0.2, 0.25) is 0 Å². The fourth-order valence-electron chi connectivity index (χ4n) is 9.15. The molecule has 2 heterocycles. The fraction of sp³-hybridized carbons (Fsp3) is 0. The van der Waals surface area contributed by atoms with E-state index < -0.39 is 0 Å². The largest absolute Gasteiger partial charge is 0.453 e. The number of benzene rings is 10. The Morgan fingerprint density at radius 3 is 1.56 bits per heavy atom. The maximum absolute atomic E-state index is 7.31. The van der Waals surface area contributed by atoms with Crippen molar-refractivity contribution in [2.75, 3.05) is 4.90 Å². The summed E-state index contributed by atoms with van der Waals surface area (Å²) >= 11 is 1.87. The lowest BCUT2D eigenvalue weighted by Gasteiger charge is -2.26. The van der Waals surface area contributed by atoms with Gasteiger partial charge in [0, 0.05) is 47.7 Å². The molecule has 10 aromatic carbocycles. The molecule has 12 rings (SSSR count). The summed E-state index contributed by atoms with van der Waals surface area (Å²) in [5.41, 5.74) is 12.0. The Hall–Kier alpha value is -7.46. The second-order valence-corrected chi connectivity index (χ2v) is 16.2. The molecular formula is C56H35NOS. The first-order valence-electron chi connectivity index (χ1n) is 20.1. The highest BCUT2D eigenvalue weighted by Gasteiger charge is 2.25. The van der Waals surface area contributed by atoms with Gasteiger partial charge in [-0.2, -0.15) is 0 Å². The van der Waals surface area contributed by atoms with Gasteiger partial charge in [0.15, 0.2) is 5.58 Å². The number of rotatable bonds is 6. The summed E-state index contributed by atoms with van der Waals surface area (Å²) in [4.78, 5) is 2.36. The molecular weight excluding hydrogens is 735 g/mol. The summed E-state index contributed by atoms with van der Waals surface area (Å²) in [6.07, 6.45) is 0. The lowest BCUT2D eigenvalue weighted by Crippen LogP contribution is -2.10. The average molecular weight is 770 g/mol. The maximum atomic E-state index is 7.31. The topological polar surface area (TPSA) is 16.4 Å². The second kappa shape index (κ2) is 13.6. The van der Waals surface area contributed by atoms with E-state index in [1.165, 1.54) is 58.6 Å². The van der Waals surface area contributed by atoms with Crippen molar-refractivity contribution in [3.05, 3.63) is 212 Å². The Morgan fingerprint density at radius 2 is 0.847 bits per heavy atom. The van der Waals surface area contributed by atoms with Gasteiger partial charge < -0.3 is 9.32 Å². The molecule has 0 saturated carbocycles.